The van der Waals surface area contributed by atoms with E-state index < -0.39 is 11.4 Å². The van der Waals surface area contributed by atoms with E-state index in [-0.39, 0.29) is 6.04 Å². The van der Waals surface area contributed by atoms with Gasteiger partial charge in [-0.3, -0.25) is 4.79 Å². The summed E-state index contributed by atoms with van der Waals surface area (Å²) >= 11 is 0. The first kappa shape index (κ1) is 12.6. The van der Waals surface area contributed by atoms with Crippen molar-refractivity contribution in [3.8, 4) is 0 Å². The smallest absolute Gasteiger partial charge is 0.311 e. The van der Waals surface area contributed by atoms with Crippen molar-refractivity contribution in [2.24, 2.45) is 5.41 Å². The summed E-state index contributed by atoms with van der Waals surface area (Å²) in [6.45, 7) is 3.41. The number of carboxylic acids is 1. The first-order valence-electron chi connectivity index (χ1n) is 5.85. The lowest BCUT2D eigenvalue weighted by Gasteiger charge is -2.29. The van der Waals surface area contributed by atoms with Gasteiger partial charge in [0, 0.05) is 10.9 Å². The van der Waals surface area contributed by atoms with Gasteiger partial charge in [0.2, 0.25) is 0 Å². The molecule has 2 N–H and O–H groups in total. The lowest BCUT2D eigenvalue weighted by molar-refractivity contribution is -0.148. The largest absolute Gasteiger partial charge is 0.481 e. The molecule has 0 saturated heterocycles. The molecule has 0 bridgehead atoms. The van der Waals surface area contributed by atoms with Crippen molar-refractivity contribution in [1.29, 1.82) is 0 Å². The van der Waals surface area contributed by atoms with Crippen molar-refractivity contribution in [2.75, 3.05) is 7.05 Å². The number of aliphatic carboxylic acids is 1. The fourth-order valence-corrected chi connectivity index (χ4v) is 2.25. The quantitative estimate of drug-likeness (QED) is 0.872. The summed E-state index contributed by atoms with van der Waals surface area (Å²) in [5, 5.41) is 13.4. The highest BCUT2D eigenvalue weighted by Crippen LogP contribution is 2.37. The lowest BCUT2D eigenvalue weighted by atomic mass is 9.80. The number of hydrogen-bond donors (Lipinski definition) is 2. The molecule has 1 heterocycles. The molecular weight excluding hydrogens is 230 g/mol. The third kappa shape index (κ3) is 1.88. The summed E-state index contributed by atoms with van der Waals surface area (Å²) in [5.74, 6) is -0.841. The SMILES string of the molecule is CNC(c1coc2ccccc12)C(C)(C)C(=O)O. The van der Waals surface area contributed by atoms with Crippen molar-refractivity contribution >= 4 is 16.9 Å². The molecule has 2 aromatic rings. The predicted octanol–water partition coefficient (Wildman–Crippen LogP) is 2.80. The summed E-state index contributed by atoms with van der Waals surface area (Å²) in [4.78, 5) is 11.4. The van der Waals surface area contributed by atoms with Crippen molar-refractivity contribution < 1.29 is 14.3 Å². The maximum atomic E-state index is 11.4. The van der Waals surface area contributed by atoms with E-state index in [9.17, 15) is 9.90 Å². The van der Waals surface area contributed by atoms with Gasteiger partial charge in [0.25, 0.3) is 0 Å². The molecule has 4 nitrogen and oxygen atoms in total. The lowest BCUT2D eigenvalue weighted by Crippen LogP contribution is -2.38. The molecule has 18 heavy (non-hydrogen) atoms. The van der Waals surface area contributed by atoms with Crippen molar-refractivity contribution in [3.63, 3.8) is 0 Å². The van der Waals surface area contributed by atoms with Crippen LogP contribution in [0.15, 0.2) is 34.9 Å². The second-order valence-electron chi connectivity index (χ2n) is 4.94. The summed E-state index contributed by atoms with van der Waals surface area (Å²) in [6.07, 6.45) is 1.64. The van der Waals surface area contributed by atoms with Crippen LogP contribution in [0, 0.1) is 5.41 Å². The summed E-state index contributed by atoms with van der Waals surface area (Å²) < 4.78 is 5.47. The van der Waals surface area contributed by atoms with Gasteiger partial charge in [-0.25, -0.2) is 0 Å². The van der Waals surface area contributed by atoms with Gasteiger partial charge in [0.05, 0.1) is 17.7 Å². The Bertz CT molecular complexity index is 571. The van der Waals surface area contributed by atoms with Gasteiger partial charge >= 0.3 is 5.97 Å². The summed E-state index contributed by atoms with van der Waals surface area (Å²) in [5.41, 5.74) is 0.732. The van der Waals surface area contributed by atoms with Crippen molar-refractivity contribution in [3.05, 3.63) is 36.1 Å². The minimum atomic E-state index is -0.915. The Labute approximate surface area is 106 Å². The third-order valence-corrected chi connectivity index (χ3v) is 3.38. The standard InChI is InChI=1S/C14H17NO3/c1-14(2,13(16)17)12(15-3)10-8-18-11-7-5-4-6-9(10)11/h4-8,12,15H,1-3H3,(H,16,17). The van der Waals surface area contributed by atoms with Gasteiger partial charge in [-0.1, -0.05) is 18.2 Å². The molecule has 0 fully saturated rings. The number of carbonyl (C=O) groups is 1. The molecule has 0 radical (unpaired) electrons. The molecule has 4 heteroatoms. The molecule has 0 aliphatic rings. The van der Waals surface area contributed by atoms with Crippen molar-refractivity contribution in [2.45, 2.75) is 19.9 Å². The van der Waals surface area contributed by atoms with E-state index in [1.165, 1.54) is 0 Å². The Morgan fingerprint density at radius 3 is 2.67 bits per heavy atom. The van der Waals surface area contributed by atoms with E-state index in [1.807, 2.05) is 24.3 Å². The molecule has 1 aromatic carbocycles. The maximum absolute atomic E-state index is 11.4. The second kappa shape index (κ2) is 4.46. The zero-order valence-corrected chi connectivity index (χ0v) is 10.7. The molecule has 0 saturated carbocycles. The number of para-hydroxylation sites is 1. The zero-order chi connectivity index (χ0) is 13.3. The molecular formula is C14H17NO3. The molecule has 2 rings (SSSR count). The Morgan fingerprint density at radius 1 is 1.39 bits per heavy atom. The molecule has 96 valence electrons. The first-order valence-corrected chi connectivity index (χ1v) is 5.85. The predicted molar refractivity (Wildman–Crippen MR) is 69.4 cm³/mol. The van der Waals surface area contributed by atoms with Gasteiger partial charge in [0.1, 0.15) is 5.58 Å². The van der Waals surface area contributed by atoms with Crippen LogP contribution in [-0.4, -0.2) is 18.1 Å². The Hall–Kier alpha value is -1.81. The van der Waals surface area contributed by atoms with Crippen LogP contribution in [0.4, 0.5) is 0 Å². The van der Waals surface area contributed by atoms with E-state index in [4.69, 9.17) is 4.42 Å². The average molecular weight is 247 g/mol. The average Bonchev–Trinajstić information content (AvgIpc) is 2.74. The van der Waals surface area contributed by atoms with Crippen LogP contribution >= 0.6 is 0 Å². The molecule has 0 aliphatic heterocycles. The van der Waals surface area contributed by atoms with Crippen molar-refractivity contribution in [1.82, 2.24) is 5.32 Å². The fraction of sp³-hybridized carbons (Fsp3) is 0.357. The van der Waals surface area contributed by atoms with Crippen LogP contribution in [-0.2, 0) is 4.79 Å². The highest BCUT2D eigenvalue weighted by atomic mass is 16.4. The van der Waals surface area contributed by atoms with Crippen LogP contribution in [0.2, 0.25) is 0 Å². The highest BCUT2D eigenvalue weighted by Gasteiger charge is 2.38. The Balaban J connectivity index is 2.54. The van der Waals surface area contributed by atoms with E-state index in [0.717, 1.165) is 16.5 Å². The van der Waals surface area contributed by atoms with E-state index >= 15 is 0 Å². The fourth-order valence-electron chi connectivity index (χ4n) is 2.25. The Morgan fingerprint density at radius 2 is 2.06 bits per heavy atom. The zero-order valence-electron chi connectivity index (χ0n) is 10.7. The van der Waals surface area contributed by atoms with E-state index in [1.54, 1.807) is 27.2 Å². The topological polar surface area (TPSA) is 62.5 Å². The number of hydrogen-bond acceptors (Lipinski definition) is 3. The van der Waals surface area contributed by atoms with Crippen LogP contribution in [0.5, 0.6) is 0 Å². The van der Waals surface area contributed by atoms with Crippen LogP contribution in [0.3, 0.4) is 0 Å². The number of nitrogens with one attached hydrogen (secondary N) is 1. The monoisotopic (exact) mass is 247 g/mol. The van der Waals surface area contributed by atoms with Crippen LogP contribution in [0.1, 0.15) is 25.5 Å². The number of carboxylic acid groups (broad SMARTS) is 1. The minimum Gasteiger partial charge on any atom is -0.481 e. The van der Waals surface area contributed by atoms with E-state index in [0.29, 0.717) is 0 Å². The van der Waals surface area contributed by atoms with Gasteiger partial charge < -0.3 is 14.8 Å². The number of fused-ring (bicyclic) bond motifs is 1. The Kier molecular flexibility index (Phi) is 3.13. The van der Waals surface area contributed by atoms with Gasteiger partial charge in [-0.05, 0) is 27.0 Å². The molecule has 0 amide bonds. The van der Waals surface area contributed by atoms with Crippen LogP contribution in [0.25, 0.3) is 11.0 Å². The molecule has 1 unspecified atom stereocenters. The minimum absolute atomic E-state index is 0.307. The highest BCUT2D eigenvalue weighted by molar-refractivity contribution is 5.83. The molecule has 1 atom stereocenters. The maximum Gasteiger partial charge on any atom is 0.311 e. The number of benzene rings is 1. The summed E-state index contributed by atoms with van der Waals surface area (Å²) in [7, 11) is 1.76. The van der Waals surface area contributed by atoms with Gasteiger partial charge in [-0.2, -0.15) is 0 Å². The second-order valence-corrected chi connectivity index (χ2v) is 4.94. The van der Waals surface area contributed by atoms with Gasteiger partial charge in [-0.15, -0.1) is 0 Å². The third-order valence-electron chi connectivity index (χ3n) is 3.38. The first-order chi connectivity index (χ1) is 8.48. The van der Waals surface area contributed by atoms with Gasteiger partial charge in [0.15, 0.2) is 0 Å². The number of furan rings is 1. The van der Waals surface area contributed by atoms with Crippen LogP contribution < -0.4 is 5.32 Å². The summed E-state index contributed by atoms with van der Waals surface area (Å²) in [6, 6.07) is 7.32. The molecule has 0 aliphatic carbocycles. The molecule has 0 spiro atoms. The molecule has 1 aromatic heterocycles. The van der Waals surface area contributed by atoms with E-state index in [2.05, 4.69) is 5.32 Å². The number of rotatable bonds is 4. The normalized spacial score (nSPS) is 13.7.